The van der Waals surface area contributed by atoms with Gasteiger partial charge in [0.25, 0.3) is 0 Å². The van der Waals surface area contributed by atoms with Crippen molar-refractivity contribution in [3.05, 3.63) is 193 Å². The summed E-state index contributed by atoms with van der Waals surface area (Å²) in [4.78, 5) is 136. The summed E-state index contributed by atoms with van der Waals surface area (Å²) in [6.45, 7) is 23.5. The van der Waals surface area contributed by atoms with Crippen LogP contribution in [-0.2, 0) is 96.9 Å². The van der Waals surface area contributed by atoms with E-state index in [9.17, 15) is 48.6 Å². The maximum atomic E-state index is 13.7. The number of nitrogens with one attached hydrogen (secondary N) is 4. The van der Waals surface area contributed by atoms with Crippen molar-refractivity contribution in [3.8, 4) is 0 Å². The zero-order chi connectivity index (χ0) is 76.7. The fourth-order valence-corrected chi connectivity index (χ4v) is 15.4. The zero-order valence-electron chi connectivity index (χ0n) is 61.7. The van der Waals surface area contributed by atoms with Crippen molar-refractivity contribution < 1.29 is 77.0 Å². The number of aromatic nitrogens is 8. The molecule has 0 unspecified atom stereocenters. The Morgan fingerprint density at radius 1 is 0.425 bits per heavy atom. The summed E-state index contributed by atoms with van der Waals surface area (Å²) in [6, 6.07) is 15.2. The highest BCUT2D eigenvalue weighted by molar-refractivity contribution is 6.04. The first-order valence-corrected chi connectivity index (χ1v) is 34.4. The van der Waals surface area contributed by atoms with E-state index in [1.165, 1.54) is 42.7 Å². The standard InChI is InChI=1S/2C41H42N4O8/c1-9-23-20(2)29-17-34-27-13-10-26(39(49)52-7)38(40(50)53-8)41(27,5)35(45-34)19-30-22(4)24(11-14-36(46)47)32(44-30)18-33-25(12-15-37(48)51-6)21(3)28(43-33)16-31(23)42-29;1-9-23-20(2)29-17-34-27-13-10-26(39(49)52-7)38(40(50)53-8)41(27,5)35(45-34)19-30-22(4)25(12-15-37(48)51-6)33(44-30)18-32-24(11-14-36(46)47)21(3)28(43-32)16-31(23)42-29/h9-10,13,16-19,38,43-44H,1,11-12,14-15H2,2-8H3,(H,46,47);9-10,13,16-19,38,42,44H,1,11-12,14-15H2,2-8H3,(H,46,47)/t2*38-,41+/m11/s1. The number of nitrogens with zero attached hydrogens (tertiary/aromatic N) is 4. The van der Waals surface area contributed by atoms with E-state index >= 15 is 0 Å². The molecule has 2 aliphatic carbocycles. The zero-order valence-corrected chi connectivity index (χ0v) is 61.7. The summed E-state index contributed by atoms with van der Waals surface area (Å²) in [5.41, 5.74) is 19.8. The fraction of sp³-hybridized carbons (Fsp3) is 0.317. The third-order valence-corrected chi connectivity index (χ3v) is 21.4. The predicted molar refractivity (Wildman–Crippen MR) is 402 cm³/mol. The molecule has 6 aromatic heterocycles. The number of ether oxygens (including phenoxy) is 6. The SMILES string of the molecule is C=CC1=C(C)c2cc3nc(cc4[nH]c(cc5[nH]c(cc1n2)c(C)c5CCC(=O)OC)c(CCC(=O)O)c4C)[C@]1(C)C3=CC=C(C(=O)OC)[C@@H]1C(=O)OC.C=Cc1c(C)c2cc3nc(cc4[nH]c(cc5nc(cc1[nH]2)C(C)=C5CCC(=O)O)c(CCC(=O)OC)c4C)[C@]1(C)C3=CC=C(C(=O)OC)[C@@H]1C(=O)OC. The molecule has 4 atom stereocenters. The topological polar surface area (TPSA) is 347 Å². The molecule has 4 aliphatic heterocycles. The summed E-state index contributed by atoms with van der Waals surface area (Å²) in [5.74, 6) is -7.34. The summed E-state index contributed by atoms with van der Waals surface area (Å²) in [5, 5.41) is 19.3. The van der Waals surface area contributed by atoms with Crippen molar-refractivity contribution in [3.63, 3.8) is 0 Å². The molecule has 548 valence electrons. The first kappa shape index (κ1) is 75.1. The van der Waals surface area contributed by atoms with Gasteiger partial charge in [0.05, 0.1) is 110 Å². The molecule has 6 N–H and O–H groups in total. The normalized spacial score (nSPS) is 17.8. The van der Waals surface area contributed by atoms with E-state index in [4.69, 9.17) is 48.4 Å². The van der Waals surface area contributed by atoms with Gasteiger partial charge in [-0.1, -0.05) is 49.6 Å². The number of esters is 6. The number of carbonyl (C=O) groups excluding carboxylic acids is 6. The maximum absolute atomic E-state index is 13.7. The minimum Gasteiger partial charge on any atom is -0.481 e. The van der Waals surface area contributed by atoms with Crippen molar-refractivity contribution in [2.24, 2.45) is 11.8 Å². The number of aryl methyl sites for hydroxylation is 7. The van der Waals surface area contributed by atoms with Crippen LogP contribution in [0.5, 0.6) is 0 Å². The van der Waals surface area contributed by atoms with Gasteiger partial charge in [-0.25, -0.2) is 19.6 Å². The first-order valence-electron chi connectivity index (χ1n) is 34.4. The van der Waals surface area contributed by atoms with Gasteiger partial charge in [0.1, 0.15) is 11.8 Å². The number of carboxylic acid groups (broad SMARTS) is 2. The van der Waals surface area contributed by atoms with Gasteiger partial charge in [0.15, 0.2) is 0 Å². The van der Waals surface area contributed by atoms with Crippen LogP contribution in [0.15, 0.2) is 103 Å². The minimum absolute atomic E-state index is 0.0837. The number of aromatic amines is 4. The van der Waals surface area contributed by atoms with E-state index < -0.39 is 58.5 Å². The van der Waals surface area contributed by atoms with Crippen LogP contribution in [0.2, 0.25) is 0 Å². The van der Waals surface area contributed by atoms with Crippen LogP contribution in [0.3, 0.4) is 0 Å². The van der Waals surface area contributed by atoms with Gasteiger partial charge in [-0.05, 0) is 196 Å². The number of hydrogen-bond acceptors (Lipinski definition) is 18. The summed E-state index contributed by atoms with van der Waals surface area (Å²) < 4.78 is 30.7. The van der Waals surface area contributed by atoms with Gasteiger partial charge in [0.2, 0.25) is 0 Å². The Hall–Kier alpha value is -12.1. The molecule has 0 saturated heterocycles. The summed E-state index contributed by atoms with van der Waals surface area (Å²) in [7, 11) is 7.78. The highest BCUT2D eigenvalue weighted by Crippen LogP contribution is 2.55. The summed E-state index contributed by atoms with van der Waals surface area (Å²) in [6.07, 6.45) is 11.6. The molecule has 16 bridgehead atoms. The van der Waals surface area contributed by atoms with Crippen LogP contribution in [0.1, 0.15) is 150 Å². The first-order chi connectivity index (χ1) is 50.5. The lowest BCUT2D eigenvalue weighted by molar-refractivity contribution is -0.149. The Morgan fingerprint density at radius 3 is 1.27 bits per heavy atom. The van der Waals surface area contributed by atoms with Gasteiger partial charge >= 0.3 is 47.8 Å². The van der Waals surface area contributed by atoms with Crippen molar-refractivity contribution in [2.75, 3.05) is 42.7 Å². The third-order valence-electron chi connectivity index (χ3n) is 21.4. The highest BCUT2D eigenvalue weighted by Gasteiger charge is 2.55. The lowest BCUT2D eigenvalue weighted by Crippen LogP contribution is -2.42. The fourth-order valence-electron chi connectivity index (χ4n) is 15.4. The molecule has 106 heavy (non-hydrogen) atoms. The van der Waals surface area contributed by atoms with E-state index in [0.717, 1.165) is 88.9 Å². The van der Waals surface area contributed by atoms with Crippen LogP contribution in [-0.4, -0.2) is 140 Å². The second kappa shape index (κ2) is 29.9. The quantitative estimate of drug-likeness (QED) is 0.0344. The second-order valence-electron chi connectivity index (χ2n) is 27.0. The molecule has 6 aromatic rings. The third kappa shape index (κ3) is 13.4. The molecule has 6 aliphatic rings. The summed E-state index contributed by atoms with van der Waals surface area (Å²) >= 11 is 0. The smallest absolute Gasteiger partial charge is 0.334 e. The van der Waals surface area contributed by atoms with Crippen molar-refractivity contribution in [2.45, 2.75) is 118 Å². The minimum atomic E-state index is -1.18. The van der Waals surface area contributed by atoms with E-state index in [1.807, 2.05) is 104 Å². The maximum Gasteiger partial charge on any atom is 0.334 e. The van der Waals surface area contributed by atoms with Crippen molar-refractivity contribution in [1.82, 2.24) is 39.9 Å². The van der Waals surface area contributed by atoms with E-state index in [1.54, 1.807) is 36.5 Å². The van der Waals surface area contributed by atoms with Gasteiger partial charge in [-0.15, -0.1) is 0 Å². The average molecular weight is 1440 g/mol. The number of carboxylic acids is 2. The average Bonchev–Trinajstić information content (AvgIpc) is 1.58. The number of carbonyl (C=O) groups is 8. The molecule has 0 spiro atoms. The number of hydrogen-bond donors (Lipinski definition) is 6. The highest BCUT2D eigenvalue weighted by atomic mass is 16.5. The van der Waals surface area contributed by atoms with Crippen LogP contribution < -0.4 is 0 Å². The molecule has 24 nitrogen and oxygen atoms in total. The van der Waals surface area contributed by atoms with E-state index in [0.29, 0.717) is 91.6 Å². The molecular formula is C82H84N8O16. The number of aliphatic carboxylic acids is 2. The Kier molecular flexibility index (Phi) is 21.2. The van der Waals surface area contributed by atoms with Crippen LogP contribution in [0.25, 0.3) is 83.6 Å². The second-order valence-corrected chi connectivity index (χ2v) is 27.0. The lowest BCUT2D eigenvalue weighted by Gasteiger charge is -2.36. The van der Waals surface area contributed by atoms with Gasteiger partial charge in [0, 0.05) is 81.0 Å². The molecule has 0 amide bonds. The Labute approximate surface area is 610 Å². The molecule has 12 rings (SSSR count). The van der Waals surface area contributed by atoms with Gasteiger partial charge in [-0.2, -0.15) is 0 Å². The van der Waals surface area contributed by atoms with E-state index in [2.05, 4.69) is 33.1 Å². The van der Waals surface area contributed by atoms with Crippen LogP contribution in [0, 0.1) is 39.5 Å². The van der Waals surface area contributed by atoms with Crippen molar-refractivity contribution >= 4 is 131 Å². The monoisotopic (exact) mass is 1440 g/mol. The van der Waals surface area contributed by atoms with Crippen LogP contribution >= 0.6 is 0 Å². The molecule has 0 aromatic carbocycles. The van der Waals surface area contributed by atoms with E-state index in [-0.39, 0.29) is 61.6 Å². The number of rotatable bonds is 18. The number of fused-ring (bicyclic) bond motifs is 22. The molecule has 0 fully saturated rings. The van der Waals surface area contributed by atoms with Crippen molar-refractivity contribution in [1.29, 1.82) is 0 Å². The number of allylic oxidation sites excluding steroid dienone is 11. The Balaban J connectivity index is 0.000000212. The lowest BCUT2D eigenvalue weighted by atomic mass is 9.64. The predicted octanol–water partition coefficient (Wildman–Crippen LogP) is 13.1. The molecular weight excluding hydrogens is 1350 g/mol. The van der Waals surface area contributed by atoms with Gasteiger partial charge < -0.3 is 58.6 Å². The molecule has 0 radical (unpaired) electrons. The molecule has 10 heterocycles. The number of methoxy groups -OCH3 is 6. The Bertz CT molecular complexity index is 5410. The van der Waals surface area contributed by atoms with Crippen LogP contribution in [0.4, 0.5) is 0 Å². The number of H-pyrrole nitrogens is 4. The molecule has 0 saturated carbocycles. The molecule has 24 heteroatoms. The van der Waals surface area contributed by atoms with Gasteiger partial charge in [-0.3, -0.25) is 38.7 Å². The Morgan fingerprint density at radius 2 is 0.821 bits per heavy atom. The largest absolute Gasteiger partial charge is 0.481 e.